The maximum Gasteiger partial charge on any atom is 0.262 e. The number of nitrogens with one attached hydrogen (secondary N) is 1. The molecule has 1 aromatic carbocycles. The van der Waals surface area contributed by atoms with Crippen LogP contribution in [0.3, 0.4) is 0 Å². The molecule has 0 unspecified atom stereocenters. The Morgan fingerprint density at radius 3 is 2.79 bits per heavy atom. The highest BCUT2D eigenvalue weighted by Crippen LogP contribution is 2.25. The molecule has 8 heteroatoms. The number of ether oxygens (including phenoxy) is 1. The van der Waals surface area contributed by atoms with Crippen molar-refractivity contribution >= 4 is 11.0 Å². The van der Waals surface area contributed by atoms with Crippen LogP contribution in [0, 0.1) is 0 Å². The zero-order chi connectivity index (χ0) is 19.6. The molecule has 0 radical (unpaired) electrons. The lowest BCUT2D eigenvalue weighted by Crippen LogP contribution is -2.21. The molecule has 1 aliphatic heterocycles. The molecule has 5 rings (SSSR count). The summed E-state index contributed by atoms with van der Waals surface area (Å²) in [6.07, 6.45) is 7.26. The van der Waals surface area contributed by atoms with Gasteiger partial charge in [0, 0.05) is 25.2 Å². The minimum Gasteiger partial charge on any atom is -0.381 e. The molecule has 0 atom stereocenters. The van der Waals surface area contributed by atoms with Gasteiger partial charge in [0.25, 0.3) is 5.56 Å². The van der Waals surface area contributed by atoms with Crippen LogP contribution in [0.15, 0.2) is 53.7 Å². The van der Waals surface area contributed by atoms with E-state index in [4.69, 9.17) is 9.72 Å². The average molecular weight is 388 g/mol. The number of aromatic amines is 1. The summed E-state index contributed by atoms with van der Waals surface area (Å²) in [6, 6.07) is 10.2. The van der Waals surface area contributed by atoms with E-state index in [1.165, 1.54) is 0 Å². The zero-order valence-electron chi connectivity index (χ0n) is 15.8. The lowest BCUT2D eigenvalue weighted by atomic mass is 9.99. The summed E-state index contributed by atoms with van der Waals surface area (Å²) in [5.41, 5.74) is 3.56. The highest BCUT2D eigenvalue weighted by Gasteiger charge is 2.20. The van der Waals surface area contributed by atoms with Crippen molar-refractivity contribution in [3.05, 3.63) is 70.7 Å². The van der Waals surface area contributed by atoms with Gasteiger partial charge in [0.1, 0.15) is 11.2 Å². The van der Waals surface area contributed by atoms with E-state index in [0.29, 0.717) is 36.5 Å². The van der Waals surface area contributed by atoms with Crippen LogP contribution < -0.4 is 5.56 Å². The van der Waals surface area contributed by atoms with Crippen LogP contribution in [-0.4, -0.2) is 43.2 Å². The van der Waals surface area contributed by atoms with Gasteiger partial charge in [-0.1, -0.05) is 24.3 Å². The summed E-state index contributed by atoms with van der Waals surface area (Å²) in [4.78, 5) is 20.3. The van der Waals surface area contributed by atoms with Crippen molar-refractivity contribution in [3.63, 3.8) is 0 Å². The van der Waals surface area contributed by atoms with Crippen molar-refractivity contribution in [1.82, 2.24) is 29.9 Å². The number of rotatable bonds is 4. The Bertz CT molecular complexity index is 1190. The molecular weight excluding hydrogens is 368 g/mol. The summed E-state index contributed by atoms with van der Waals surface area (Å²) in [6.45, 7) is 1.41. The summed E-state index contributed by atoms with van der Waals surface area (Å²) < 4.78 is 7.34. The smallest absolute Gasteiger partial charge is 0.262 e. The third-order valence-electron chi connectivity index (χ3n) is 5.32. The fraction of sp³-hybridized carbons (Fsp3) is 0.286. The van der Waals surface area contributed by atoms with E-state index in [2.05, 4.69) is 20.3 Å². The molecule has 0 aliphatic carbocycles. The van der Waals surface area contributed by atoms with Crippen LogP contribution in [0.25, 0.3) is 22.2 Å². The maximum atomic E-state index is 12.6. The normalized spacial score (nSPS) is 15.0. The molecule has 4 aromatic rings. The van der Waals surface area contributed by atoms with Gasteiger partial charge in [-0.15, -0.1) is 0 Å². The molecule has 3 aromatic heterocycles. The zero-order valence-corrected chi connectivity index (χ0v) is 15.8. The first kappa shape index (κ1) is 17.7. The van der Waals surface area contributed by atoms with Gasteiger partial charge in [-0.3, -0.25) is 4.79 Å². The van der Waals surface area contributed by atoms with Crippen molar-refractivity contribution in [1.29, 1.82) is 0 Å². The van der Waals surface area contributed by atoms with E-state index in [1.807, 2.05) is 35.0 Å². The van der Waals surface area contributed by atoms with Crippen LogP contribution in [0.5, 0.6) is 0 Å². The summed E-state index contributed by atoms with van der Waals surface area (Å²) in [5, 5.41) is 12.8. The minimum absolute atomic E-state index is 0.161. The molecule has 0 amide bonds. The number of aromatic nitrogens is 6. The highest BCUT2D eigenvalue weighted by atomic mass is 16.5. The van der Waals surface area contributed by atoms with Gasteiger partial charge in [0.2, 0.25) is 0 Å². The van der Waals surface area contributed by atoms with Gasteiger partial charge >= 0.3 is 0 Å². The van der Waals surface area contributed by atoms with Crippen LogP contribution in [0.4, 0.5) is 0 Å². The molecule has 0 saturated carbocycles. The Balaban J connectivity index is 1.54. The van der Waals surface area contributed by atoms with Gasteiger partial charge < -0.3 is 9.72 Å². The van der Waals surface area contributed by atoms with Gasteiger partial charge in [0.15, 0.2) is 5.65 Å². The quantitative estimate of drug-likeness (QED) is 0.577. The number of nitrogens with zero attached hydrogens (tertiary/aromatic N) is 5. The molecule has 1 saturated heterocycles. The first-order valence-electron chi connectivity index (χ1n) is 9.69. The lowest BCUT2D eigenvalue weighted by Gasteiger charge is -2.22. The molecule has 1 fully saturated rings. The Morgan fingerprint density at radius 2 is 1.97 bits per heavy atom. The molecule has 0 spiro atoms. The van der Waals surface area contributed by atoms with Crippen LogP contribution in [0.1, 0.15) is 30.3 Å². The number of hydrogen-bond acceptors (Lipinski definition) is 6. The Kier molecular flexibility index (Phi) is 4.61. The second-order valence-electron chi connectivity index (χ2n) is 7.15. The topological polar surface area (TPSA) is 98.6 Å². The largest absolute Gasteiger partial charge is 0.381 e. The molecule has 1 N–H and O–H groups in total. The van der Waals surface area contributed by atoms with Crippen molar-refractivity contribution in [2.24, 2.45) is 0 Å². The van der Waals surface area contributed by atoms with Crippen molar-refractivity contribution < 1.29 is 4.74 Å². The molecule has 1 aliphatic rings. The predicted molar refractivity (Wildman–Crippen MR) is 108 cm³/mol. The summed E-state index contributed by atoms with van der Waals surface area (Å²) in [7, 11) is 0. The van der Waals surface area contributed by atoms with Crippen molar-refractivity contribution in [2.45, 2.75) is 25.3 Å². The molecular formula is C21H20N6O2. The Labute approximate surface area is 166 Å². The first-order valence-corrected chi connectivity index (χ1v) is 9.69. The van der Waals surface area contributed by atoms with E-state index in [9.17, 15) is 4.79 Å². The van der Waals surface area contributed by atoms with E-state index in [0.717, 1.165) is 29.5 Å². The van der Waals surface area contributed by atoms with Gasteiger partial charge in [0.05, 0.1) is 24.6 Å². The summed E-state index contributed by atoms with van der Waals surface area (Å²) in [5.74, 6) is 0.616. The molecule has 8 nitrogen and oxygen atoms in total. The average Bonchev–Trinajstić information content (AvgIpc) is 3.20. The predicted octanol–water partition coefficient (Wildman–Crippen LogP) is 2.52. The van der Waals surface area contributed by atoms with Gasteiger partial charge in [-0.05, 0) is 30.0 Å². The van der Waals surface area contributed by atoms with Gasteiger partial charge in [-0.2, -0.15) is 15.3 Å². The molecule has 4 heterocycles. The van der Waals surface area contributed by atoms with Gasteiger partial charge in [-0.25, -0.2) is 9.67 Å². The Hall–Kier alpha value is -3.39. The number of fused-ring (bicyclic) bond motifs is 1. The Morgan fingerprint density at radius 1 is 1.10 bits per heavy atom. The van der Waals surface area contributed by atoms with Crippen molar-refractivity contribution in [2.75, 3.05) is 13.2 Å². The van der Waals surface area contributed by atoms with Crippen LogP contribution >= 0.6 is 0 Å². The third kappa shape index (κ3) is 3.42. The number of H-pyrrole nitrogens is 1. The standard InChI is InChI=1S/C21H20N6O2/c28-21-18-13-24-27(16-6-9-29-10-7-16)20(18)25-19(26-21)11-14-3-1-2-4-17(14)15-5-8-22-23-12-15/h1-5,8,12-13,16H,6-7,9-11H2,(H,25,26,28). The number of benzene rings is 1. The monoisotopic (exact) mass is 388 g/mol. The molecule has 0 bridgehead atoms. The molecule has 146 valence electrons. The fourth-order valence-electron chi connectivity index (χ4n) is 3.85. The van der Waals surface area contributed by atoms with Crippen molar-refractivity contribution in [3.8, 4) is 11.1 Å². The van der Waals surface area contributed by atoms with E-state index in [-0.39, 0.29) is 11.6 Å². The minimum atomic E-state index is -0.161. The van der Waals surface area contributed by atoms with E-state index < -0.39 is 0 Å². The second kappa shape index (κ2) is 7.56. The fourth-order valence-corrected chi connectivity index (χ4v) is 3.85. The number of hydrogen-bond donors (Lipinski definition) is 1. The second-order valence-corrected chi connectivity index (χ2v) is 7.15. The van der Waals surface area contributed by atoms with E-state index >= 15 is 0 Å². The first-order chi connectivity index (χ1) is 14.3. The van der Waals surface area contributed by atoms with Crippen LogP contribution in [-0.2, 0) is 11.2 Å². The van der Waals surface area contributed by atoms with E-state index in [1.54, 1.807) is 18.6 Å². The lowest BCUT2D eigenvalue weighted by molar-refractivity contribution is 0.0673. The maximum absolute atomic E-state index is 12.6. The SMILES string of the molecule is O=c1[nH]c(Cc2ccccc2-c2ccnnc2)nc2c1cnn2C1CCOCC1. The summed E-state index contributed by atoms with van der Waals surface area (Å²) >= 11 is 0. The third-order valence-corrected chi connectivity index (χ3v) is 5.32. The molecule has 29 heavy (non-hydrogen) atoms. The van der Waals surface area contributed by atoms with Crippen LogP contribution in [0.2, 0.25) is 0 Å². The highest BCUT2D eigenvalue weighted by molar-refractivity contribution is 5.73.